The Bertz CT molecular complexity index is 726. The maximum absolute atomic E-state index is 12.4. The van der Waals surface area contributed by atoms with Crippen molar-refractivity contribution in [1.29, 1.82) is 0 Å². The first-order valence-electron chi connectivity index (χ1n) is 5.59. The van der Waals surface area contributed by atoms with E-state index in [9.17, 15) is 21.6 Å². The van der Waals surface area contributed by atoms with Crippen LogP contribution in [0.2, 0.25) is 0 Å². The molecule has 1 heterocycles. The van der Waals surface area contributed by atoms with Gasteiger partial charge in [-0.05, 0) is 36.4 Å². The molecule has 2 rings (SSSR count). The quantitative estimate of drug-likeness (QED) is 0.911. The summed E-state index contributed by atoms with van der Waals surface area (Å²) in [5.74, 6) is 0.200. The summed E-state index contributed by atoms with van der Waals surface area (Å²) in [6.45, 7) is 0. The van der Waals surface area contributed by atoms with Gasteiger partial charge in [0.25, 0.3) is 0 Å². The van der Waals surface area contributed by atoms with E-state index in [0.29, 0.717) is 11.9 Å². The van der Waals surface area contributed by atoms with Gasteiger partial charge in [-0.25, -0.2) is 18.5 Å². The second-order valence-corrected chi connectivity index (χ2v) is 5.69. The highest BCUT2D eigenvalue weighted by Crippen LogP contribution is 2.29. The molecule has 5 nitrogen and oxygen atoms in total. The fraction of sp³-hybridized carbons (Fsp3) is 0.0833. The Balaban J connectivity index is 2.15. The zero-order valence-electron chi connectivity index (χ0n) is 10.4. The molecule has 0 aliphatic heterocycles. The van der Waals surface area contributed by atoms with Gasteiger partial charge in [-0.1, -0.05) is 0 Å². The number of hydrogen-bond donors (Lipinski definition) is 2. The van der Waals surface area contributed by atoms with Gasteiger partial charge in [-0.3, -0.25) is 0 Å². The molecule has 1 aromatic carbocycles. The standard InChI is InChI=1S/C12H10F3N3O2S/c13-12(14,15)8-1-6-11(17-7-8)18-9-2-4-10(5-3-9)21(16,19)20/h1-7H,(H,17,18)(H2,16,19,20). The summed E-state index contributed by atoms with van der Waals surface area (Å²) >= 11 is 0. The number of nitrogens with one attached hydrogen (secondary N) is 1. The van der Waals surface area contributed by atoms with Crippen molar-refractivity contribution in [3.8, 4) is 0 Å². The highest BCUT2D eigenvalue weighted by atomic mass is 32.2. The van der Waals surface area contributed by atoms with E-state index in [1.165, 1.54) is 30.3 Å². The molecule has 0 aliphatic carbocycles. The minimum Gasteiger partial charge on any atom is -0.340 e. The number of anilines is 2. The second-order valence-electron chi connectivity index (χ2n) is 4.12. The first kappa shape index (κ1) is 15.3. The molecule has 0 bridgehead atoms. The maximum Gasteiger partial charge on any atom is 0.417 e. The highest BCUT2D eigenvalue weighted by molar-refractivity contribution is 7.89. The molecule has 0 atom stereocenters. The zero-order valence-corrected chi connectivity index (χ0v) is 11.2. The molecule has 0 radical (unpaired) electrons. The van der Waals surface area contributed by atoms with Gasteiger partial charge < -0.3 is 5.32 Å². The lowest BCUT2D eigenvalue weighted by Crippen LogP contribution is -2.11. The Labute approximate surface area is 118 Å². The molecule has 1 aromatic heterocycles. The predicted molar refractivity (Wildman–Crippen MR) is 70.3 cm³/mol. The third-order valence-electron chi connectivity index (χ3n) is 2.55. The molecule has 0 spiro atoms. The molecule has 112 valence electrons. The van der Waals surface area contributed by atoms with Crippen LogP contribution in [0, 0.1) is 0 Å². The van der Waals surface area contributed by atoms with Crippen LogP contribution >= 0.6 is 0 Å². The van der Waals surface area contributed by atoms with Crippen molar-refractivity contribution in [1.82, 2.24) is 4.98 Å². The van der Waals surface area contributed by atoms with Crippen LogP contribution in [0.3, 0.4) is 0 Å². The van der Waals surface area contributed by atoms with Crippen LogP contribution < -0.4 is 10.5 Å². The normalized spacial score (nSPS) is 12.2. The van der Waals surface area contributed by atoms with E-state index < -0.39 is 21.8 Å². The topological polar surface area (TPSA) is 85.1 Å². The van der Waals surface area contributed by atoms with Crippen molar-refractivity contribution >= 4 is 21.5 Å². The molecule has 0 amide bonds. The van der Waals surface area contributed by atoms with Gasteiger partial charge in [-0.2, -0.15) is 13.2 Å². The number of pyridine rings is 1. The number of nitrogens with zero attached hydrogens (tertiary/aromatic N) is 1. The van der Waals surface area contributed by atoms with Gasteiger partial charge >= 0.3 is 6.18 Å². The number of benzene rings is 1. The Morgan fingerprint density at radius 2 is 1.67 bits per heavy atom. The van der Waals surface area contributed by atoms with Gasteiger partial charge in [0.2, 0.25) is 10.0 Å². The number of rotatable bonds is 3. The Morgan fingerprint density at radius 1 is 1.05 bits per heavy atom. The van der Waals surface area contributed by atoms with Crippen molar-refractivity contribution in [2.24, 2.45) is 5.14 Å². The van der Waals surface area contributed by atoms with Crippen LogP contribution in [0.15, 0.2) is 47.5 Å². The predicted octanol–water partition coefficient (Wildman–Crippen LogP) is 2.49. The first-order valence-corrected chi connectivity index (χ1v) is 7.14. The molecular formula is C12H10F3N3O2S. The summed E-state index contributed by atoms with van der Waals surface area (Å²) in [6, 6.07) is 7.49. The van der Waals surface area contributed by atoms with Gasteiger partial charge in [-0.15, -0.1) is 0 Å². The average Bonchev–Trinajstić information content (AvgIpc) is 2.38. The third-order valence-corrected chi connectivity index (χ3v) is 3.48. The monoisotopic (exact) mass is 317 g/mol. The number of nitrogens with two attached hydrogens (primary N) is 1. The number of alkyl halides is 3. The molecule has 0 saturated heterocycles. The van der Waals surface area contributed by atoms with Crippen LogP contribution in [0.1, 0.15) is 5.56 Å². The molecule has 0 unspecified atom stereocenters. The fourth-order valence-electron chi connectivity index (χ4n) is 1.51. The largest absolute Gasteiger partial charge is 0.417 e. The van der Waals surface area contributed by atoms with Crippen molar-refractivity contribution in [2.45, 2.75) is 11.1 Å². The zero-order chi connectivity index (χ0) is 15.7. The van der Waals surface area contributed by atoms with Crippen LogP contribution in [-0.2, 0) is 16.2 Å². The molecule has 3 N–H and O–H groups in total. The van der Waals surface area contributed by atoms with Crippen LogP contribution in [0.25, 0.3) is 0 Å². The van der Waals surface area contributed by atoms with Gasteiger partial charge in [0, 0.05) is 11.9 Å². The molecule has 9 heteroatoms. The van der Waals surface area contributed by atoms with Crippen molar-refractivity contribution in [3.05, 3.63) is 48.2 Å². The lowest BCUT2D eigenvalue weighted by atomic mass is 10.2. The lowest BCUT2D eigenvalue weighted by Gasteiger charge is -2.09. The fourth-order valence-corrected chi connectivity index (χ4v) is 2.03. The summed E-state index contributed by atoms with van der Waals surface area (Å²) in [5, 5.41) is 7.70. The number of primary sulfonamides is 1. The Morgan fingerprint density at radius 3 is 2.10 bits per heavy atom. The van der Waals surface area contributed by atoms with Crippen LogP contribution in [-0.4, -0.2) is 13.4 Å². The van der Waals surface area contributed by atoms with Crippen molar-refractivity contribution in [2.75, 3.05) is 5.32 Å². The Kier molecular flexibility index (Phi) is 3.88. The number of aromatic nitrogens is 1. The molecule has 21 heavy (non-hydrogen) atoms. The highest BCUT2D eigenvalue weighted by Gasteiger charge is 2.30. The lowest BCUT2D eigenvalue weighted by molar-refractivity contribution is -0.137. The van der Waals surface area contributed by atoms with E-state index in [1.807, 2.05) is 0 Å². The minimum atomic E-state index is -4.44. The SMILES string of the molecule is NS(=O)(=O)c1ccc(Nc2ccc(C(F)(F)F)cn2)cc1. The maximum atomic E-state index is 12.4. The van der Waals surface area contributed by atoms with Gasteiger partial charge in [0.05, 0.1) is 10.5 Å². The van der Waals surface area contributed by atoms with E-state index in [-0.39, 0.29) is 10.7 Å². The van der Waals surface area contributed by atoms with Gasteiger partial charge in [0.1, 0.15) is 5.82 Å². The van der Waals surface area contributed by atoms with E-state index in [4.69, 9.17) is 5.14 Å². The average molecular weight is 317 g/mol. The summed E-state index contributed by atoms with van der Waals surface area (Å²) < 4.78 is 59.3. The number of sulfonamides is 1. The summed E-state index contributed by atoms with van der Waals surface area (Å²) in [4.78, 5) is 3.58. The van der Waals surface area contributed by atoms with Crippen molar-refractivity contribution in [3.63, 3.8) is 0 Å². The van der Waals surface area contributed by atoms with E-state index in [2.05, 4.69) is 10.3 Å². The van der Waals surface area contributed by atoms with Crippen LogP contribution in [0.4, 0.5) is 24.7 Å². The van der Waals surface area contributed by atoms with E-state index >= 15 is 0 Å². The molecule has 0 fully saturated rings. The molecular weight excluding hydrogens is 307 g/mol. The third kappa shape index (κ3) is 3.92. The number of hydrogen-bond acceptors (Lipinski definition) is 4. The summed E-state index contributed by atoms with van der Waals surface area (Å²) in [5.41, 5.74) is -0.382. The van der Waals surface area contributed by atoms with Crippen LogP contribution in [0.5, 0.6) is 0 Å². The minimum absolute atomic E-state index is 0.0616. The molecule has 0 aliphatic rings. The summed E-state index contributed by atoms with van der Waals surface area (Å²) in [6.07, 6.45) is -3.73. The van der Waals surface area contributed by atoms with E-state index in [1.54, 1.807) is 0 Å². The second kappa shape index (κ2) is 5.34. The molecule has 0 saturated carbocycles. The number of halogens is 3. The first-order chi connectivity index (χ1) is 9.66. The smallest absolute Gasteiger partial charge is 0.340 e. The Hall–Kier alpha value is -2.13. The van der Waals surface area contributed by atoms with E-state index in [0.717, 1.165) is 6.07 Å². The van der Waals surface area contributed by atoms with Crippen molar-refractivity contribution < 1.29 is 21.6 Å². The molecule has 2 aromatic rings. The van der Waals surface area contributed by atoms with Gasteiger partial charge in [0.15, 0.2) is 0 Å². The summed E-state index contributed by atoms with van der Waals surface area (Å²) in [7, 11) is -3.78.